The molecule has 7 nitrogen and oxygen atoms in total. The van der Waals surface area contributed by atoms with Crippen LogP contribution >= 0.6 is 0 Å². The smallest absolute Gasteiger partial charge is 0.252 e. The third-order valence-corrected chi connectivity index (χ3v) is 6.13. The molecule has 1 unspecified atom stereocenters. The van der Waals surface area contributed by atoms with Crippen LogP contribution in [0.3, 0.4) is 0 Å². The number of aromatic nitrogens is 3. The molecule has 1 saturated carbocycles. The maximum absolute atomic E-state index is 13.3. The Kier molecular flexibility index (Phi) is 5.27. The Bertz CT molecular complexity index is 1180. The summed E-state index contributed by atoms with van der Waals surface area (Å²) in [4.78, 5) is 18.2. The molecule has 2 aliphatic rings. The Morgan fingerprint density at radius 1 is 1.31 bits per heavy atom. The number of rotatable bonds is 7. The standard InChI is InChI=1S/C25H30N4O3/c1-5-31-22-9-17-8-15(4)32-23(17)10-18(22)12-26-25(30)19-11-21(16-6-7-16)28-24-20(19)13-27-29(24)14(2)3/h9-11,13-16H,5-8,12H2,1-4H3,(H,26,30). The van der Waals surface area contributed by atoms with E-state index in [1.165, 1.54) is 0 Å². The minimum atomic E-state index is -0.125. The summed E-state index contributed by atoms with van der Waals surface area (Å²) in [5.41, 5.74) is 4.47. The maximum atomic E-state index is 13.3. The molecule has 1 aromatic carbocycles. The van der Waals surface area contributed by atoms with Crippen LogP contribution in [0.15, 0.2) is 24.4 Å². The second kappa shape index (κ2) is 8.11. The van der Waals surface area contributed by atoms with Crippen LogP contribution in [0, 0.1) is 0 Å². The number of ether oxygens (including phenoxy) is 2. The Hall–Kier alpha value is -3.09. The van der Waals surface area contributed by atoms with Gasteiger partial charge in [0.1, 0.15) is 17.6 Å². The van der Waals surface area contributed by atoms with Crippen molar-refractivity contribution in [2.75, 3.05) is 6.61 Å². The van der Waals surface area contributed by atoms with Gasteiger partial charge in [-0.25, -0.2) is 9.67 Å². The summed E-state index contributed by atoms with van der Waals surface area (Å²) in [6, 6.07) is 6.16. The predicted octanol–water partition coefficient (Wildman–Crippen LogP) is 4.54. The van der Waals surface area contributed by atoms with Gasteiger partial charge in [0.2, 0.25) is 0 Å². The van der Waals surface area contributed by atoms with Crippen molar-refractivity contribution in [3.05, 3.63) is 46.8 Å². The number of hydrogen-bond acceptors (Lipinski definition) is 5. The fourth-order valence-corrected chi connectivity index (χ4v) is 4.37. The van der Waals surface area contributed by atoms with E-state index < -0.39 is 0 Å². The van der Waals surface area contributed by atoms with E-state index in [1.54, 1.807) is 6.20 Å². The van der Waals surface area contributed by atoms with E-state index in [0.717, 1.165) is 58.6 Å². The first-order chi connectivity index (χ1) is 15.4. The first-order valence-electron chi connectivity index (χ1n) is 11.6. The van der Waals surface area contributed by atoms with Gasteiger partial charge in [-0.1, -0.05) is 0 Å². The lowest BCUT2D eigenvalue weighted by Crippen LogP contribution is -2.24. The molecule has 1 N–H and O–H groups in total. The minimum absolute atomic E-state index is 0.125. The number of pyridine rings is 1. The highest BCUT2D eigenvalue weighted by atomic mass is 16.5. The number of carbonyl (C=O) groups excluding carboxylic acids is 1. The molecular weight excluding hydrogens is 404 g/mol. The zero-order chi connectivity index (χ0) is 22.4. The Morgan fingerprint density at radius 3 is 2.84 bits per heavy atom. The summed E-state index contributed by atoms with van der Waals surface area (Å²) in [5, 5.41) is 8.38. The zero-order valence-corrected chi connectivity index (χ0v) is 19.1. The van der Waals surface area contributed by atoms with Crippen LogP contribution < -0.4 is 14.8 Å². The van der Waals surface area contributed by atoms with Gasteiger partial charge in [0.05, 0.1) is 23.8 Å². The molecule has 0 radical (unpaired) electrons. The highest BCUT2D eigenvalue weighted by Gasteiger charge is 2.28. The summed E-state index contributed by atoms with van der Waals surface area (Å²) >= 11 is 0. The SMILES string of the molecule is CCOc1cc2c(cc1CNC(=O)c1cc(C3CC3)nc3c1cnn3C(C)C)OC(C)C2. The van der Waals surface area contributed by atoms with Crippen molar-refractivity contribution in [2.24, 2.45) is 0 Å². The molecule has 2 aromatic heterocycles. The number of amides is 1. The first-order valence-corrected chi connectivity index (χ1v) is 11.6. The van der Waals surface area contributed by atoms with Crippen molar-refractivity contribution in [1.29, 1.82) is 0 Å². The topological polar surface area (TPSA) is 78.3 Å². The highest BCUT2D eigenvalue weighted by molar-refractivity contribution is 6.05. The number of benzene rings is 1. The quantitative estimate of drug-likeness (QED) is 0.591. The lowest BCUT2D eigenvalue weighted by atomic mass is 10.1. The second-order valence-electron chi connectivity index (χ2n) is 9.11. The number of carbonyl (C=O) groups is 1. The van der Waals surface area contributed by atoms with Crippen molar-refractivity contribution in [3.63, 3.8) is 0 Å². The molecule has 1 fully saturated rings. The van der Waals surface area contributed by atoms with E-state index in [0.29, 0.717) is 24.6 Å². The molecule has 168 valence electrons. The largest absolute Gasteiger partial charge is 0.494 e. The number of nitrogens with one attached hydrogen (secondary N) is 1. The van der Waals surface area contributed by atoms with Gasteiger partial charge in [-0.05, 0) is 58.7 Å². The average molecular weight is 435 g/mol. The van der Waals surface area contributed by atoms with Gasteiger partial charge < -0.3 is 14.8 Å². The molecule has 0 bridgehead atoms. The molecule has 1 aliphatic carbocycles. The van der Waals surface area contributed by atoms with Crippen molar-refractivity contribution in [2.45, 2.75) is 71.6 Å². The van der Waals surface area contributed by atoms with Gasteiger partial charge in [-0.15, -0.1) is 0 Å². The van der Waals surface area contributed by atoms with Crippen LogP contribution in [0.1, 0.15) is 79.7 Å². The van der Waals surface area contributed by atoms with Crippen molar-refractivity contribution >= 4 is 16.9 Å². The van der Waals surface area contributed by atoms with Crippen LogP contribution in [0.2, 0.25) is 0 Å². The fourth-order valence-electron chi connectivity index (χ4n) is 4.37. The van der Waals surface area contributed by atoms with Crippen molar-refractivity contribution in [1.82, 2.24) is 20.1 Å². The van der Waals surface area contributed by atoms with Gasteiger partial charge in [-0.3, -0.25) is 4.79 Å². The molecule has 1 aliphatic heterocycles. The molecule has 5 rings (SSSR count). The van der Waals surface area contributed by atoms with Crippen LogP contribution in [0.4, 0.5) is 0 Å². The molecule has 1 amide bonds. The lowest BCUT2D eigenvalue weighted by molar-refractivity contribution is 0.0952. The van der Waals surface area contributed by atoms with E-state index >= 15 is 0 Å². The summed E-state index contributed by atoms with van der Waals surface area (Å²) in [5.74, 6) is 2.00. The monoisotopic (exact) mass is 434 g/mol. The molecule has 32 heavy (non-hydrogen) atoms. The molecule has 3 aromatic rings. The number of nitrogens with zero attached hydrogens (tertiary/aromatic N) is 3. The van der Waals surface area contributed by atoms with E-state index in [1.807, 2.05) is 29.8 Å². The lowest BCUT2D eigenvalue weighted by Gasteiger charge is -2.14. The van der Waals surface area contributed by atoms with Crippen molar-refractivity contribution < 1.29 is 14.3 Å². The van der Waals surface area contributed by atoms with Crippen molar-refractivity contribution in [3.8, 4) is 11.5 Å². The van der Waals surface area contributed by atoms with Gasteiger partial charge in [0.15, 0.2) is 5.65 Å². The third kappa shape index (κ3) is 3.80. The van der Waals surface area contributed by atoms with Gasteiger partial charge in [0, 0.05) is 41.7 Å². The molecule has 3 heterocycles. The summed E-state index contributed by atoms with van der Waals surface area (Å²) in [7, 11) is 0. The van der Waals surface area contributed by atoms with Gasteiger partial charge >= 0.3 is 0 Å². The number of fused-ring (bicyclic) bond motifs is 2. The molecule has 0 saturated heterocycles. The molecule has 1 atom stereocenters. The van der Waals surface area contributed by atoms with Crippen LogP contribution in [-0.2, 0) is 13.0 Å². The van der Waals surface area contributed by atoms with Gasteiger partial charge in [-0.2, -0.15) is 5.10 Å². The fraction of sp³-hybridized carbons (Fsp3) is 0.480. The van der Waals surface area contributed by atoms with E-state index in [4.69, 9.17) is 14.5 Å². The average Bonchev–Trinajstić information content (AvgIpc) is 3.42. The second-order valence-corrected chi connectivity index (χ2v) is 9.11. The van der Waals surface area contributed by atoms with E-state index in [2.05, 4.69) is 31.2 Å². The Balaban J connectivity index is 1.44. The predicted molar refractivity (Wildman–Crippen MR) is 122 cm³/mol. The van der Waals surface area contributed by atoms with E-state index in [9.17, 15) is 4.79 Å². The first kappa shape index (κ1) is 20.8. The third-order valence-electron chi connectivity index (χ3n) is 6.13. The van der Waals surface area contributed by atoms with Crippen LogP contribution in [0.25, 0.3) is 11.0 Å². The normalized spacial score (nSPS) is 17.5. The van der Waals surface area contributed by atoms with Gasteiger partial charge in [0.25, 0.3) is 5.91 Å². The van der Waals surface area contributed by atoms with E-state index in [-0.39, 0.29) is 18.1 Å². The molecular formula is C25H30N4O3. The summed E-state index contributed by atoms with van der Waals surface area (Å²) in [6.07, 6.45) is 5.04. The summed E-state index contributed by atoms with van der Waals surface area (Å²) < 4.78 is 13.7. The summed E-state index contributed by atoms with van der Waals surface area (Å²) in [6.45, 7) is 9.10. The van der Waals surface area contributed by atoms with Crippen LogP contribution in [-0.4, -0.2) is 33.4 Å². The molecule has 7 heteroatoms. The Morgan fingerprint density at radius 2 is 2.12 bits per heavy atom. The molecule has 0 spiro atoms. The Labute approximate surface area is 188 Å². The zero-order valence-electron chi connectivity index (χ0n) is 19.1. The van der Waals surface area contributed by atoms with Crippen LogP contribution in [0.5, 0.6) is 11.5 Å². The number of hydrogen-bond donors (Lipinski definition) is 1. The highest BCUT2D eigenvalue weighted by Crippen LogP contribution is 2.40. The minimum Gasteiger partial charge on any atom is -0.494 e. The maximum Gasteiger partial charge on any atom is 0.252 e.